The van der Waals surface area contributed by atoms with Crippen LogP contribution in [-0.4, -0.2) is 65.6 Å². The minimum Gasteiger partial charge on any atom is -0.508 e. The van der Waals surface area contributed by atoms with E-state index in [0.717, 1.165) is 36.6 Å². The average molecular weight is 450 g/mol. The van der Waals surface area contributed by atoms with Crippen molar-refractivity contribution in [3.05, 3.63) is 54.0 Å². The van der Waals surface area contributed by atoms with Crippen LogP contribution in [0.5, 0.6) is 5.75 Å². The Bertz CT molecular complexity index is 1200. The van der Waals surface area contributed by atoms with Crippen LogP contribution in [0, 0.1) is 5.82 Å². The molecule has 172 valence electrons. The number of pyridine rings is 1. The van der Waals surface area contributed by atoms with E-state index in [1.54, 1.807) is 6.07 Å². The number of benzene rings is 2. The summed E-state index contributed by atoms with van der Waals surface area (Å²) in [6, 6.07) is 10.9. The molecule has 0 bridgehead atoms. The Kier molecular flexibility index (Phi) is 6.96. The number of aliphatic hydroxyl groups is 1. The Balaban J connectivity index is 1.81. The second-order valence-electron chi connectivity index (χ2n) is 8.08. The van der Waals surface area contributed by atoms with Crippen LogP contribution >= 0.6 is 0 Å². The van der Waals surface area contributed by atoms with Gasteiger partial charge in [0.05, 0.1) is 5.56 Å². The van der Waals surface area contributed by atoms with Gasteiger partial charge in [-0.2, -0.15) is 0 Å². The van der Waals surface area contributed by atoms with E-state index in [9.17, 15) is 10.2 Å². The van der Waals surface area contributed by atoms with E-state index < -0.39 is 12.5 Å². The van der Waals surface area contributed by atoms with E-state index in [1.165, 1.54) is 12.3 Å². The second kappa shape index (κ2) is 10.1. The van der Waals surface area contributed by atoms with Crippen LogP contribution in [-0.2, 0) is 0 Å². The van der Waals surface area contributed by atoms with Gasteiger partial charge < -0.3 is 20.4 Å². The Labute approximate surface area is 192 Å². The molecule has 0 saturated carbocycles. The molecule has 33 heavy (non-hydrogen) atoms. The molecule has 0 aliphatic carbocycles. The van der Waals surface area contributed by atoms with Crippen molar-refractivity contribution in [2.75, 3.05) is 26.9 Å². The number of aliphatic hydroxyl groups excluding tert-OH is 1. The van der Waals surface area contributed by atoms with Gasteiger partial charge in [-0.1, -0.05) is 24.3 Å². The Hall–Kier alpha value is -3.36. The number of halogens is 1. The number of rotatable bonds is 5. The summed E-state index contributed by atoms with van der Waals surface area (Å²) in [6.07, 6.45) is 4.40. The van der Waals surface area contributed by atoms with Crippen LogP contribution < -0.4 is 5.32 Å². The van der Waals surface area contributed by atoms with Gasteiger partial charge in [0.2, 0.25) is 0 Å². The van der Waals surface area contributed by atoms with Crippen LogP contribution in [0.2, 0.25) is 0 Å². The zero-order chi connectivity index (χ0) is 23.4. The van der Waals surface area contributed by atoms with Gasteiger partial charge in [0.25, 0.3) is 0 Å². The summed E-state index contributed by atoms with van der Waals surface area (Å²) in [7, 11) is 1.95. The van der Waals surface area contributed by atoms with Crippen LogP contribution in [0.15, 0.2) is 52.6 Å². The van der Waals surface area contributed by atoms with Crippen molar-refractivity contribution in [1.82, 2.24) is 15.2 Å². The number of likely N-dealkylation sites (tertiary alicyclic amines) is 1. The molecule has 1 atom stereocenters. The van der Waals surface area contributed by atoms with Gasteiger partial charge in [0.1, 0.15) is 29.7 Å². The van der Waals surface area contributed by atoms with Crippen molar-refractivity contribution in [2.45, 2.75) is 25.3 Å². The number of hydrogen-bond donors (Lipinski definition) is 3. The van der Waals surface area contributed by atoms with E-state index in [1.807, 2.05) is 36.2 Å². The van der Waals surface area contributed by atoms with Crippen molar-refractivity contribution in [3.63, 3.8) is 0 Å². The quantitative estimate of drug-likeness (QED) is 0.406. The number of amidine groups is 1. The minimum atomic E-state index is -0.646. The third-order valence-electron chi connectivity index (χ3n) is 6.15. The number of nitrogens with one attached hydrogen (secondary N) is 1. The van der Waals surface area contributed by atoms with E-state index in [2.05, 4.69) is 27.0 Å². The number of aromatic hydroxyl groups is 1. The summed E-state index contributed by atoms with van der Waals surface area (Å²) in [4.78, 5) is 14.7. The summed E-state index contributed by atoms with van der Waals surface area (Å²) >= 11 is 0. The summed E-state index contributed by atoms with van der Waals surface area (Å²) in [6.45, 7) is 4.59. The molecule has 1 fully saturated rings. The normalized spacial score (nSPS) is 17.2. The zero-order valence-corrected chi connectivity index (χ0v) is 18.6. The lowest BCUT2D eigenvalue weighted by Gasteiger charge is -2.25. The predicted octanol–water partition coefficient (Wildman–Crippen LogP) is 3.85. The van der Waals surface area contributed by atoms with Gasteiger partial charge in [-0.25, -0.2) is 9.38 Å². The molecule has 1 aliphatic rings. The fourth-order valence-corrected chi connectivity index (χ4v) is 4.49. The first kappa shape index (κ1) is 22.8. The molecule has 8 heteroatoms. The topological polar surface area (TPSA) is 93.3 Å². The standard InChI is InChI=1S/C25H28FN5O2/c1-27-17-7-5-10-31(11-9-17)25(30-15-32)21-14-29-24(22(26)23(21)28-2)20-13-18(33)12-16-6-3-4-8-19(16)20/h3-4,6,8,12-14,17,27,32-33H,2,5,7,9-11,15H2,1H3/b30-25+. The van der Waals surface area contributed by atoms with Crippen molar-refractivity contribution in [2.24, 2.45) is 9.98 Å². The van der Waals surface area contributed by atoms with E-state index in [0.29, 0.717) is 29.5 Å². The van der Waals surface area contributed by atoms with Crippen LogP contribution in [0.25, 0.3) is 22.0 Å². The Morgan fingerprint density at radius 1 is 1.27 bits per heavy atom. The van der Waals surface area contributed by atoms with E-state index in [-0.39, 0.29) is 17.1 Å². The molecule has 2 aromatic carbocycles. The maximum atomic E-state index is 15.8. The summed E-state index contributed by atoms with van der Waals surface area (Å²) < 4.78 is 15.8. The van der Waals surface area contributed by atoms with E-state index in [4.69, 9.17) is 0 Å². The third-order valence-corrected chi connectivity index (χ3v) is 6.15. The lowest BCUT2D eigenvalue weighted by atomic mass is 9.99. The van der Waals surface area contributed by atoms with Gasteiger partial charge in [-0.05, 0) is 55.9 Å². The van der Waals surface area contributed by atoms with Crippen LogP contribution in [0.1, 0.15) is 24.8 Å². The highest BCUT2D eigenvalue weighted by molar-refractivity contribution is 6.04. The molecule has 1 saturated heterocycles. The number of fused-ring (bicyclic) bond motifs is 1. The summed E-state index contributed by atoms with van der Waals surface area (Å²) in [5.41, 5.74) is 0.941. The molecule has 0 amide bonds. The number of aromatic nitrogens is 1. The average Bonchev–Trinajstić information content (AvgIpc) is 3.07. The SMILES string of the molecule is C=Nc1c(/C(=N\CO)N2CCCC(NC)CC2)cnc(-c2cc(O)cc3ccccc23)c1F. The predicted molar refractivity (Wildman–Crippen MR) is 130 cm³/mol. The molecule has 1 unspecified atom stereocenters. The monoisotopic (exact) mass is 449 g/mol. The largest absolute Gasteiger partial charge is 0.508 e. The molecule has 4 rings (SSSR count). The summed E-state index contributed by atoms with van der Waals surface area (Å²) in [5, 5.41) is 24.6. The van der Waals surface area contributed by atoms with Gasteiger partial charge in [-0.15, -0.1) is 0 Å². The van der Waals surface area contributed by atoms with E-state index >= 15 is 4.39 Å². The fourth-order valence-electron chi connectivity index (χ4n) is 4.49. The number of phenols is 1. The van der Waals surface area contributed by atoms with Crippen LogP contribution in [0.4, 0.5) is 10.1 Å². The fraction of sp³-hybridized carbons (Fsp3) is 0.320. The maximum Gasteiger partial charge on any atom is 0.175 e. The molecular formula is C25H28FN5O2. The molecule has 7 nitrogen and oxygen atoms in total. The first-order valence-electron chi connectivity index (χ1n) is 11.0. The molecule has 1 aliphatic heterocycles. The molecule has 3 N–H and O–H groups in total. The molecular weight excluding hydrogens is 421 g/mol. The van der Waals surface area contributed by atoms with Crippen LogP contribution in [0.3, 0.4) is 0 Å². The Morgan fingerprint density at radius 2 is 2.09 bits per heavy atom. The number of hydrogen-bond acceptors (Lipinski definition) is 6. The number of nitrogens with zero attached hydrogens (tertiary/aromatic N) is 4. The van der Waals surface area contributed by atoms with Gasteiger partial charge in [0, 0.05) is 30.9 Å². The third kappa shape index (κ3) is 4.58. The van der Waals surface area contributed by atoms with Crippen molar-refractivity contribution in [3.8, 4) is 17.0 Å². The minimum absolute atomic E-state index is 0.0216. The maximum absolute atomic E-state index is 15.8. The zero-order valence-electron chi connectivity index (χ0n) is 18.6. The van der Waals surface area contributed by atoms with Crippen molar-refractivity contribution in [1.29, 1.82) is 0 Å². The lowest BCUT2D eigenvalue weighted by Crippen LogP contribution is -2.34. The molecule has 0 spiro atoms. The van der Waals surface area contributed by atoms with Gasteiger partial charge in [-0.3, -0.25) is 9.98 Å². The molecule has 1 aromatic heterocycles. The highest BCUT2D eigenvalue weighted by Crippen LogP contribution is 2.37. The van der Waals surface area contributed by atoms with Crippen molar-refractivity contribution >= 4 is 29.0 Å². The number of aliphatic imine (C=N–C) groups is 2. The van der Waals surface area contributed by atoms with Crippen molar-refractivity contribution < 1.29 is 14.6 Å². The molecule has 2 heterocycles. The first-order valence-corrected chi connectivity index (χ1v) is 11.0. The highest BCUT2D eigenvalue weighted by atomic mass is 19.1. The van der Waals surface area contributed by atoms with Gasteiger partial charge in [0.15, 0.2) is 5.82 Å². The smallest absolute Gasteiger partial charge is 0.175 e. The highest BCUT2D eigenvalue weighted by Gasteiger charge is 2.25. The second-order valence-corrected chi connectivity index (χ2v) is 8.08. The summed E-state index contributed by atoms with van der Waals surface area (Å²) in [5.74, 6) is -0.171. The molecule has 3 aromatic rings. The first-order chi connectivity index (χ1) is 16.1. The Morgan fingerprint density at radius 3 is 2.85 bits per heavy atom. The number of phenolic OH excluding ortho intramolecular Hbond substituents is 1. The lowest BCUT2D eigenvalue weighted by molar-refractivity contribution is 0.304. The van der Waals surface area contributed by atoms with Gasteiger partial charge >= 0.3 is 0 Å². The molecule has 0 radical (unpaired) electrons.